The van der Waals surface area contributed by atoms with Crippen molar-refractivity contribution in [2.45, 2.75) is 18.3 Å². The molecule has 5 aromatic rings. The van der Waals surface area contributed by atoms with Gasteiger partial charge in [0.1, 0.15) is 23.3 Å². The highest BCUT2D eigenvalue weighted by Crippen LogP contribution is 2.69. The number of nitrogens with zero attached hydrogens (tertiary/aromatic N) is 5. The molecule has 190 valence electrons. The standard InChI is InChI=1S/C32H24FN5O/c1-20-14-29-22(17-35-38(29)25-12-10-23(33)11-13-25)15-26(20)32-19-37(31(39)28-9-5-8-24(16-34)36-28)18-27(32)30(32)21-6-3-2-4-7-21/h2-15,17,27,30H,18-19H2,1H3/t27-,30-,32+/m1/s1. The Kier molecular flexibility index (Phi) is 5.14. The van der Waals surface area contributed by atoms with Crippen LogP contribution in [0.2, 0.25) is 0 Å². The topological polar surface area (TPSA) is 74.8 Å². The van der Waals surface area contributed by atoms with E-state index in [9.17, 15) is 14.4 Å². The number of likely N-dealkylation sites (tertiary alicyclic amines) is 1. The first-order valence-electron chi connectivity index (χ1n) is 13.0. The summed E-state index contributed by atoms with van der Waals surface area (Å²) in [6.07, 6.45) is 1.85. The number of hydrogen-bond donors (Lipinski definition) is 0. The van der Waals surface area contributed by atoms with Crippen molar-refractivity contribution < 1.29 is 9.18 Å². The van der Waals surface area contributed by atoms with Gasteiger partial charge in [0.15, 0.2) is 0 Å². The van der Waals surface area contributed by atoms with Crippen LogP contribution >= 0.6 is 0 Å². The summed E-state index contributed by atoms with van der Waals surface area (Å²) in [6.45, 7) is 3.32. The van der Waals surface area contributed by atoms with Crippen LogP contribution in [-0.4, -0.2) is 38.7 Å². The molecule has 0 unspecified atom stereocenters. The summed E-state index contributed by atoms with van der Waals surface area (Å²) in [4.78, 5) is 19.6. The summed E-state index contributed by atoms with van der Waals surface area (Å²) in [6, 6.07) is 28.2. The van der Waals surface area contributed by atoms with Gasteiger partial charge in [-0.1, -0.05) is 36.4 Å². The van der Waals surface area contributed by atoms with Crippen LogP contribution in [0.5, 0.6) is 0 Å². The molecule has 2 aromatic heterocycles. The van der Waals surface area contributed by atoms with E-state index < -0.39 is 0 Å². The number of aryl methyl sites for hydroxylation is 1. The molecule has 1 saturated carbocycles. The summed E-state index contributed by atoms with van der Waals surface area (Å²) in [5.74, 6) is 0.137. The number of aromatic nitrogens is 3. The minimum atomic E-state index is -0.283. The molecule has 0 radical (unpaired) electrons. The molecular weight excluding hydrogens is 489 g/mol. The Labute approximate surface area is 224 Å². The lowest BCUT2D eigenvalue weighted by molar-refractivity contribution is 0.0763. The lowest BCUT2D eigenvalue weighted by Gasteiger charge is -2.25. The fourth-order valence-corrected chi connectivity index (χ4v) is 6.66. The predicted molar refractivity (Wildman–Crippen MR) is 145 cm³/mol. The van der Waals surface area contributed by atoms with Gasteiger partial charge in [-0.25, -0.2) is 14.1 Å². The van der Waals surface area contributed by atoms with Gasteiger partial charge in [-0.3, -0.25) is 4.79 Å². The van der Waals surface area contributed by atoms with Gasteiger partial charge in [-0.15, -0.1) is 0 Å². The molecule has 0 N–H and O–H groups in total. The molecule has 1 aliphatic heterocycles. The normalized spacial score (nSPS) is 21.5. The lowest BCUT2D eigenvalue weighted by atomic mass is 9.86. The van der Waals surface area contributed by atoms with Crippen molar-refractivity contribution in [2.75, 3.05) is 13.1 Å². The summed E-state index contributed by atoms with van der Waals surface area (Å²) in [5, 5.41) is 14.9. The molecule has 39 heavy (non-hydrogen) atoms. The van der Waals surface area contributed by atoms with E-state index in [-0.39, 0.29) is 28.8 Å². The molecule has 1 amide bonds. The third kappa shape index (κ3) is 3.56. The highest BCUT2D eigenvalue weighted by atomic mass is 19.1. The fourth-order valence-electron chi connectivity index (χ4n) is 6.66. The number of halogens is 1. The minimum Gasteiger partial charge on any atom is -0.336 e. The van der Waals surface area contributed by atoms with Gasteiger partial charge in [0.2, 0.25) is 0 Å². The number of hydrogen-bond acceptors (Lipinski definition) is 4. The molecule has 3 aromatic carbocycles. The van der Waals surface area contributed by atoms with Gasteiger partial charge in [0.05, 0.1) is 17.4 Å². The zero-order valence-corrected chi connectivity index (χ0v) is 21.3. The van der Waals surface area contributed by atoms with E-state index in [0.29, 0.717) is 24.7 Å². The highest BCUT2D eigenvalue weighted by molar-refractivity contribution is 5.93. The Morgan fingerprint density at radius 3 is 2.62 bits per heavy atom. The van der Waals surface area contributed by atoms with Crippen molar-refractivity contribution in [1.29, 1.82) is 5.26 Å². The van der Waals surface area contributed by atoms with Crippen molar-refractivity contribution in [2.24, 2.45) is 5.92 Å². The van der Waals surface area contributed by atoms with Crippen LogP contribution in [0.15, 0.2) is 91.1 Å². The van der Waals surface area contributed by atoms with Crippen molar-refractivity contribution in [3.05, 3.63) is 125 Å². The monoisotopic (exact) mass is 513 g/mol. The number of carbonyl (C=O) groups is 1. The molecule has 2 aliphatic rings. The molecule has 2 fully saturated rings. The number of amides is 1. The molecular formula is C32H24FN5O. The molecule has 0 spiro atoms. The van der Waals surface area contributed by atoms with Gasteiger partial charge < -0.3 is 4.90 Å². The van der Waals surface area contributed by atoms with E-state index in [2.05, 4.69) is 53.4 Å². The van der Waals surface area contributed by atoms with E-state index >= 15 is 0 Å². The van der Waals surface area contributed by atoms with Gasteiger partial charge >= 0.3 is 0 Å². The van der Waals surface area contributed by atoms with Crippen LogP contribution in [0.1, 0.15) is 38.8 Å². The van der Waals surface area contributed by atoms with Crippen molar-refractivity contribution in [3.8, 4) is 11.8 Å². The second-order valence-corrected chi connectivity index (χ2v) is 10.5. The van der Waals surface area contributed by atoms with Crippen LogP contribution in [0.25, 0.3) is 16.6 Å². The van der Waals surface area contributed by atoms with Crippen molar-refractivity contribution >= 4 is 16.8 Å². The molecule has 7 rings (SSSR count). The summed E-state index contributed by atoms with van der Waals surface area (Å²) in [5.41, 5.74) is 5.70. The van der Waals surface area contributed by atoms with E-state index in [1.807, 2.05) is 27.9 Å². The van der Waals surface area contributed by atoms with Gasteiger partial charge in [-0.2, -0.15) is 10.4 Å². The average Bonchev–Trinajstić information content (AvgIpc) is 3.23. The molecule has 7 heteroatoms. The van der Waals surface area contributed by atoms with Crippen LogP contribution in [0.3, 0.4) is 0 Å². The van der Waals surface area contributed by atoms with E-state index in [1.54, 1.807) is 30.3 Å². The molecule has 3 heterocycles. The first-order valence-corrected chi connectivity index (χ1v) is 13.0. The van der Waals surface area contributed by atoms with E-state index in [1.165, 1.54) is 23.3 Å². The van der Waals surface area contributed by atoms with Gasteiger partial charge in [0, 0.05) is 29.8 Å². The number of rotatable bonds is 4. The number of benzene rings is 3. The quantitative estimate of drug-likeness (QED) is 0.316. The minimum absolute atomic E-state index is 0.145. The Morgan fingerprint density at radius 2 is 1.85 bits per heavy atom. The van der Waals surface area contributed by atoms with Crippen LogP contribution in [0, 0.1) is 30.0 Å². The average molecular weight is 514 g/mol. The Balaban J connectivity index is 1.30. The Hall–Kier alpha value is -4.83. The zero-order chi connectivity index (χ0) is 26.7. The second-order valence-electron chi connectivity index (χ2n) is 10.5. The predicted octanol–water partition coefficient (Wildman–Crippen LogP) is 5.55. The second kappa shape index (κ2) is 8.60. The largest absolute Gasteiger partial charge is 0.336 e. The van der Waals surface area contributed by atoms with Gasteiger partial charge in [-0.05, 0) is 78.1 Å². The smallest absolute Gasteiger partial charge is 0.272 e. The van der Waals surface area contributed by atoms with Crippen LogP contribution < -0.4 is 0 Å². The fraction of sp³-hybridized carbons (Fsp3) is 0.188. The summed E-state index contributed by atoms with van der Waals surface area (Å²) in [7, 11) is 0. The summed E-state index contributed by atoms with van der Waals surface area (Å²) >= 11 is 0. The number of piperidine rings is 1. The van der Waals surface area contributed by atoms with Crippen LogP contribution in [-0.2, 0) is 5.41 Å². The lowest BCUT2D eigenvalue weighted by Crippen LogP contribution is -2.35. The molecule has 3 atom stereocenters. The van der Waals surface area contributed by atoms with Gasteiger partial charge in [0.25, 0.3) is 5.91 Å². The maximum Gasteiger partial charge on any atom is 0.272 e. The van der Waals surface area contributed by atoms with E-state index in [4.69, 9.17) is 0 Å². The SMILES string of the molecule is Cc1cc2c(cnn2-c2ccc(F)cc2)cc1[C@@]12CN(C(=O)c3cccc(C#N)n3)C[C@@H]1[C@H]2c1ccccc1. The Morgan fingerprint density at radius 1 is 1.05 bits per heavy atom. The molecule has 1 aliphatic carbocycles. The number of fused-ring (bicyclic) bond motifs is 2. The molecule has 0 bridgehead atoms. The first kappa shape index (κ1) is 23.3. The Bertz CT molecular complexity index is 1790. The van der Waals surface area contributed by atoms with Crippen molar-refractivity contribution in [1.82, 2.24) is 19.7 Å². The van der Waals surface area contributed by atoms with E-state index in [0.717, 1.165) is 22.2 Å². The third-order valence-corrected chi connectivity index (χ3v) is 8.39. The number of nitriles is 1. The van der Waals surface area contributed by atoms with Crippen LogP contribution in [0.4, 0.5) is 4.39 Å². The highest BCUT2D eigenvalue weighted by Gasteiger charge is 2.71. The number of carbonyl (C=O) groups excluding carboxylic acids is 1. The first-order chi connectivity index (χ1) is 19.0. The molecule has 6 nitrogen and oxygen atoms in total. The third-order valence-electron chi connectivity index (χ3n) is 8.39. The molecule has 1 saturated heterocycles. The summed E-state index contributed by atoms with van der Waals surface area (Å²) < 4.78 is 15.3. The van der Waals surface area contributed by atoms with Crippen molar-refractivity contribution in [3.63, 3.8) is 0 Å². The maximum atomic E-state index is 13.5. The maximum absolute atomic E-state index is 13.5. The zero-order valence-electron chi connectivity index (χ0n) is 21.3. The number of pyridine rings is 1.